The first-order valence-electron chi connectivity index (χ1n) is 6.37. The number of ether oxygens (including phenoxy) is 1. The van der Waals surface area contributed by atoms with Crippen molar-refractivity contribution >= 4 is 23.2 Å². The van der Waals surface area contributed by atoms with E-state index in [0.29, 0.717) is 17.3 Å². The molecule has 1 N–H and O–H groups in total. The largest absolute Gasteiger partial charge is 0.364 e. The number of nitrogens with one attached hydrogen (secondary N) is 1. The molecule has 3 nitrogen and oxygen atoms in total. The molecule has 0 radical (unpaired) electrons. The zero-order valence-electron chi connectivity index (χ0n) is 11.2. The molecule has 0 fully saturated rings. The van der Waals surface area contributed by atoms with Gasteiger partial charge in [-0.15, -0.1) is 0 Å². The number of halogens is 1. The third kappa shape index (κ3) is 4.37. The highest BCUT2D eigenvalue weighted by Gasteiger charge is 2.13. The summed E-state index contributed by atoms with van der Waals surface area (Å²) in [5.74, 6) is -0.191. The minimum Gasteiger partial charge on any atom is -0.364 e. The summed E-state index contributed by atoms with van der Waals surface area (Å²) >= 11 is 5.87. The Morgan fingerprint density at radius 3 is 2.65 bits per heavy atom. The Labute approximate surface area is 123 Å². The van der Waals surface area contributed by atoms with Gasteiger partial charge in [0.2, 0.25) is 0 Å². The summed E-state index contributed by atoms with van der Waals surface area (Å²) < 4.78 is 5.55. The molecule has 0 aliphatic carbocycles. The van der Waals surface area contributed by atoms with E-state index in [2.05, 4.69) is 5.32 Å². The van der Waals surface area contributed by atoms with Gasteiger partial charge in [-0.1, -0.05) is 48.0 Å². The topological polar surface area (TPSA) is 38.3 Å². The summed E-state index contributed by atoms with van der Waals surface area (Å²) in [6.45, 7) is 2.13. The van der Waals surface area contributed by atoms with Gasteiger partial charge in [-0.3, -0.25) is 4.79 Å². The number of hydrogen-bond donors (Lipinski definition) is 1. The van der Waals surface area contributed by atoms with Crippen LogP contribution in [0.3, 0.4) is 0 Å². The smallest absolute Gasteiger partial charge is 0.253 e. The zero-order chi connectivity index (χ0) is 14.4. The van der Waals surface area contributed by atoms with Crippen molar-refractivity contribution in [2.45, 2.75) is 19.6 Å². The molecule has 0 aromatic heterocycles. The number of hydrogen-bond acceptors (Lipinski definition) is 2. The second kappa shape index (κ2) is 7.08. The number of anilines is 1. The van der Waals surface area contributed by atoms with E-state index in [-0.39, 0.29) is 5.91 Å². The van der Waals surface area contributed by atoms with Crippen LogP contribution in [0, 0.1) is 0 Å². The van der Waals surface area contributed by atoms with Gasteiger partial charge in [0.15, 0.2) is 0 Å². The Kier molecular flexibility index (Phi) is 5.16. The fourth-order valence-electron chi connectivity index (χ4n) is 1.68. The highest BCUT2D eigenvalue weighted by atomic mass is 35.5. The first kappa shape index (κ1) is 14.6. The van der Waals surface area contributed by atoms with Gasteiger partial charge in [0, 0.05) is 10.7 Å². The molecule has 0 aliphatic rings. The number of benzene rings is 2. The normalized spacial score (nSPS) is 11.9. The van der Waals surface area contributed by atoms with E-state index in [1.165, 1.54) is 0 Å². The van der Waals surface area contributed by atoms with Gasteiger partial charge in [0.1, 0.15) is 6.10 Å². The molecule has 2 aromatic rings. The van der Waals surface area contributed by atoms with Gasteiger partial charge < -0.3 is 10.1 Å². The van der Waals surface area contributed by atoms with Crippen LogP contribution in [0.25, 0.3) is 0 Å². The van der Waals surface area contributed by atoms with Crippen LogP contribution in [-0.2, 0) is 16.1 Å². The van der Waals surface area contributed by atoms with Crippen LogP contribution in [0.1, 0.15) is 12.5 Å². The summed E-state index contributed by atoms with van der Waals surface area (Å²) in [7, 11) is 0. The van der Waals surface area contributed by atoms with Crippen molar-refractivity contribution in [1.29, 1.82) is 0 Å². The molecule has 20 heavy (non-hydrogen) atoms. The minimum atomic E-state index is -0.533. The Morgan fingerprint density at radius 2 is 1.95 bits per heavy atom. The van der Waals surface area contributed by atoms with Crippen LogP contribution < -0.4 is 5.32 Å². The van der Waals surface area contributed by atoms with Crippen molar-refractivity contribution in [3.63, 3.8) is 0 Å². The van der Waals surface area contributed by atoms with Crippen LogP contribution in [-0.4, -0.2) is 12.0 Å². The van der Waals surface area contributed by atoms with E-state index in [9.17, 15) is 4.79 Å². The molecule has 0 saturated heterocycles. The second-order valence-electron chi connectivity index (χ2n) is 4.44. The molecule has 2 rings (SSSR count). The average Bonchev–Trinajstić information content (AvgIpc) is 2.46. The molecule has 0 bridgehead atoms. The quantitative estimate of drug-likeness (QED) is 0.907. The summed E-state index contributed by atoms with van der Waals surface area (Å²) in [4.78, 5) is 12.0. The summed E-state index contributed by atoms with van der Waals surface area (Å²) in [6.07, 6.45) is -0.533. The third-order valence-electron chi connectivity index (χ3n) is 2.80. The molecular formula is C16H16ClNO2. The summed E-state index contributed by atoms with van der Waals surface area (Å²) in [6, 6.07) is 16.8. The average molecular weight is 290 g/mol. The van der Waals surface area contributed by atoms with Crippen LogP contribution in [0.4, 0.5) is 5.69 Å². The van der Waals surface area contributed by atoms with Gasteiger partial charge in [0.05, 0.1) is 6.61 Å². The fourth-order valence-corrected chi connectivity index (χ4v) is 1.87. The predicted molar refractivity (Wildman–Crippen MR) is 80.8 cm³/mol. The standard InChI is InChI=1S/C16H16ClNO2/c1-12(20-11-13-6-3-2-4-7-13)16(19)18-15-9-5-8-14(17)10-15/h2-10,12H,11H2,1H3,(H,18,19). The SMILES string of the molecule is CC(OCc1ccccc1)C(=O)Nc1cccc(Cl)c1. The molecule has 1 unspecified atom stereocenters. The van der Waals surface area contributed by atoms with E-state index in [1.54, 1.807) is 31.2 Å². The van der Waals surface area contributed by atoms with Crippen molar-refractivity contribution < 1.29 is 9.53 Å². The van der Waals surface area contributed by atoms with E-state index >= 15 is 0 Å². The first-order chi connectivity index (χ1) is 9.65. The molecule has 2 aromatic carbocycles. The molecule has 4 heteroatoms. The van der Waals surface area contributed by atoms with Crippen LogP contribution >= 0.6 is 11.6 Å². The maximum atomic E-state index is 12.0. The Hall–Kier alpha value is -1.84. The van der Waals surface area contributed by atoms with Crippen molar-refractivity contribution in [2.75, 3.05) is 5.32 Å². The maximum absolute atomic E-state index is 12.0. The van der Waals surface area contributed by atoms with Gasteiger partial charge >= 0.3 is 0 Å². The Morgan fingerprint density at radius 1 is 1.20 bits per heavy atom. The molecule has 104 valence electrons. The number of carbonyl (C=O) groups excluding carboxylic acids is 1. The Bertz CT molecular complexity index is 572. The van der Waals surface area contributed by atoms with Crippen LogP contribution in [0.5, 0.6) is 0 Å². The van der Waals surface area contributed by atoms with Crippen molar-refractivity contribution in [3.8, 4) is 0 Å². The second-order valence-corrected chi connectivity index (χ2v) is 4.87. The fraction of sp³-hybridized carbons (Fsp3) is 0.188. The lowest BCUT2D eigenvalue weighted by atomic mass is 10.2. The van der Waals surface area contributed by atoms with Crippen molar-refractivity contribution in [2.24, 2.45) is 0 Å². The molecule has 1 amide bonds. The number of rotatable bonds is 5. The van der Waals surface area contributed by atoms with Crippen molar-refractivity contribution in [3.05, 3.63) is 65.2 Å². The summed E-state index contributed by atoms with van der Waals surface area (Å²) in [5, 5.41) is 3.35. The predicted octanol–water partition coefficient (Wildman–Crippen LogP) is 3.88. The van der Waals surface area contributed by atoms with Gasteiger partial charge in [-0.25, -0.2) is 0 Å². The Balaban J connectivity index is 1.86. The third-order valence-corrected chi connectivity index (χ3v) is 3.04. The minimum absolute atomic E-state index is 0.191. The van der Waals surface area contributed by atoms with Crippen LogP contribution in [0.2, 0.25) is 5.02 Å². The maximum Gasteiger partial charge on any atom is 0.253 e. The molecular weight excluding hydrogens is 274 g/mol. The van der Waals surface area contributed by atoms with Gasteiger partial charge in [-0.05, 0) is 30.7 Å². The monoisotopic (exact) mass is 289 g/mol. The molecule has 0 heterocycles. The highest BCUT2D eigenvalue weighted by molar-refractivity contribution is 6.30. The lowest BCUT2D eigenvalue weighted by Crippen LogP contribution is -2.27. The molecule has 0 aliphatic heterocycles. The van der Waals surface area contributed by atoms with Crippen molar-refractivity contribution in [1.82, 2.24) is 0 Å². The highest BCUT2D eigenvalue weighted by Crippen LogP contribution is 2.15. The zero-order valence-corrected chi connectivity index (χ0v) is 11.9. The van der Waals surface area contributed by atoms with E-state index in [4.69, 9.17) is 16.3 Å². The molecule has 0 spiro atoms. The molecule has 1 atom stereocenters. The molecule has 0 saturated carbocycles. The lowest BCUT2D eigenvalue weighted by Gasteiger charge is -2.13. The van der Waals surface area contributed by atoms with Gasteiger partial charge in [0.25, 0.3) is 5.91 Å². The lowest BCUT2D eigenvalue weighted by molar-refractivity contribution is -0.127. The van der Waals surface area contributed by atoms with Gasteiger partial charge in [-0.2, -0.15) is 0 Å². The van der Waals surface area contributed by atoms with E-state index in [0.717, 1.165) is 5.56 Å². The summed E-state index contributed by atoms with van der Waals surface area (Å²) in [5.41, 5.74) is 1.70. The first-order valence-corrected chi connectivity index (χ1v) is 6.75. The van der Waals surface area contributed by atoms with E-state index in [1.807, 2.05) is 30.3 Å². The van der Waals surface area contributed by atoms with E-state index < -0.39 is 6.10 Å². The number of amides is 1. The number of carbonyl (C=O) groups is 1. The van der Waals surface area contributed by atoms with Crippen LogP contribution in [0.15, 0.2) is 54.6 Å².